The van der Waals surface area contributed by atoms with Crippen molar-refractivity contribution in [1.82, 2.24) is 0 Å². The second kappa shape index (κ2) is 9.55. The summed E-state index contributed by atoms with van der Waals surface area (Å²) in [5.74, 6) is 0. The van der Waals surface area contributed by atoms with Crippen molar-refractivity contribution in [2.24, 2.45) is 0 Å². The molecule has 0 bridgehead atoms. The van der Waals surface area contributed by atoms with Crippen LogP contribution in [-0.4, -0.2) is 0 Å². The monoisotopic (exact) mass is 244 g/mol. The topological polar surface area (TPSA) is 80.3 Å². The zero-order valence-electron chi connectivity index (χ0n) is 4.31. The van der Waals surface area contributed by atoms with E-state index in [0.717, 1.165) is 0 Å². The Morgan fingerprint density at radius 1 is 1.11 bits per heavy atom. The van der Waals surface area contributed by atoms with Crippen molar-refractivity contribution in [2.45, 2.75) is 0 Å². The summed E-state index contributed by atoms with van der Waals surface area (Å²) in [4.78, 5) is 18.9. The molecular weight excluding hydrogens is 245 g/mol. The van der Waals surface area contributed by atoms with Crippen LogP contribution in [0.3, 0.4) is 0 Å². The molecule has 0 aliphatic rings. The molecule has 2 unspecified atom stereocenters. The summed E-state index contributed by atoms with van der Waals surface area (Å²) in [5.41, 5.74) is 0. The molecule has 48 valence electrons. The molecule has 0 aromatic heterocycles. The van der Waals surface area contributed by atoms with Crippen molar-refractivity contribution in [3.63, 3.8) is 0 Å². The van der Waals surface area contributed by atoms with E-state index in [-0.39, 0.29) is 46.8 Å². The number of hydrogen-bond acceptors (Lipinski definition) is 5. The third-order valence-electron chi connectivity index (χ3n) is 0.133. The molecule has 0 N–H and O–H groups in total. The molecule has 2 atom stereocenters. The van der Waals surface area contributed by atoms with Gasteiger partial charge >= 0.3 is 44.3 Å². The van der Waals surface area contributed by atoms with E-state index in [0.29, 0.717) is 0 Å². The van der Waals surface area contributed by atoms with Crippen molar-refractivity contribution in [1.29, 1.82) is 0 Å². The Morgan fingerprint density at radius 2 is 1.33 bits per heavy atom. The van der Waals surface area contributed by atoms with Gasteiger partial charge in [0.2, 0.25) is 0 Å². The minimum atomic E-state index is -2.82. The molecule has 0 rings (SSSR count). The average molecular weight is 245 g/mol. The van der Waals surface area contributed by atoms with Gasteiger partial charge in [-0.3, -0.25) is 0 Å². The van der Waals surface area contributed by atoms with Crippen LogP contribution < -0.4 is 45.6 Å². The van der Waals surface area contributed by atoms with E-state index in [1.54, 1.807) is 0 Å². The minimum Gasteiger partial charge on any atom is -1.00 e. The van der Waals surface area contributed by atoms with Crippen LogP contribution in [0.1, 0.15) is 0 Å². The zero-order chi connectivity index (χ0) is 5.86. The molecule has 9 heteroatoms. The first-order valence-electron chi connectivity index (χ1n) is 1.10. The SMILES string of the molecule is O=[P+]([O-])S[P+](=O)[O-].[Br-].[Li+]. The van der Waals surface area contributed by atoms with E-state index >= 15 is 0 Å². The standard InChI is InChI=1S/BrH.Li.O4P2S/c;;1-5(2)7-6(3)4/h1H;;/q;+1;/p-1. The van der Waals surface area contributed by atoms with Gasteiger partial charge in [0, 0.05) is 0 Å². The molecule has 9 heavy (non-hydrogen) atoms. The summed E-state index contributed by atoms with van der Waals surface area (Å²) in [5, 5.41) is 0. The molecule has 0 aliphatic heterocycles. The van der Waals surface area contributed by atoms with Crippen LogP contribution in [0.5, 0.6) is 0 Å². The summed E-state index contributed by atoms with van der Waals surface area (Å²) >= 11 is -0.0833. The zero-order valence-corrected chi connectivity index (χ0v) is 8.50. The van der Waals surface area contributed by atoms with Gasteiger partial charge in [0.05, 0.1) is 0 Å². The van der Waals surface area contributed by atoms with E-state index in [1.807, 2.05) is 0 Å². The Kier molecular flexibility index (Phi) is 17.9. The second-order valence-corrected chi connectivity index (χ2v) is 5.34. The summed E-state index contributed by atoms with van der Waals surface area (Å²) < 4.78 is 18.9. The fourth-order valence-electron chi connectivity index (χ4n) is 0.0544. The molecule has 0 saturated heterocycles. The molecule has 4 nitrogen and oxygen atoms in total. The summed E-state index contributed by atoms with van der Waals surface area (Å²) in [6.45, 7) is 0. The van der Waals surface area contributed by atoms with Crippen LogP contribution >= 0.6 is 25.5 Å². The van der Waals surface area contributed by atoms with Crippen LogP contribution in [0.15, 0.2) is 0 Å². The molecule has 0 fully saturated rings. The third-order valence-corrected chi connectivity index (χ3v) is 3.60. The van der Waals surface area contributed by atoms with E-state index < -0.39 is 14.5 Å². The Balaban J connectivity index is -0.000000180. The molecule has 0 aliphatic carbocycles. The Hall–Kier alpha value is 1.55. The van der Waals surface area contributed by atoms with Crippen LogP contribution in [0.2, 0.25) is 0 Å². The van der Waals surface area contributed by atoms with Gasteiger partial charge in [-0.2, -0.15) is 0 Å². The van der Waals surface area contributed by atoms with E-state index in [2.05, 4.69) is 0 Å². The number of rotatable bonds is 2. The molecule has 0 aromatic carbocycles. The third kappa shape index (κ3) is 17.7. The summed E-state index contributed by atoms with van der Waals surface area (Å²) in [7, 11) is -5.64. The van der Waals surface area contributed by atoms with Gasteiger partial charge in [-0.05, 0) is 0 Å². The molecule has 0 saturated carbocycles. The maximum atomic E-state index is 9.43. The second-order valence-electron chi connectivity index (χ2n) is 0.529. The van der Waals surface area contributed by atoms with E-state index in [4.69, 9.17) is 0 Å². The summed E-state index contributed by atoms with van der Waals surface area (Å²) in [6, 6.07) is 0. The normalized spacial score (nSPS) is 10.4. The van der Waals surface area contributed by atoms with Gasteiger partial charge in [-0.15, -0.1) is 0 Å². The van der Waals surface area contributed by atoms with Crippen LogP contribution in [0.25, 0.3) is 0 Å². The van der Waals surface area contributed by atoms with Crippen molar-refractivity contribution < 1.29 is 54.8 Å². The first-order valence-corrected chi connectivity index (χ1v) is 5.48. The van der Waals surface area contributed by atoms with Crippen molar-refractivity contribution in [3.8, 4) is 0 Å². The quantitative estimate of drug-likeness (QED) is 0.357. The van der Waals surface area contributed by atoms with Crippen LogP contribution in [0.4, 0.5) is 0 Å². The fraction of sp³-hybridized carbons (Fsp3) is 0. The maximum absolute atomic E-state index is 9.43. The predicted octanol–water partition coefficient (Wildman–Crippen LogP) is -6.24. The van der Waals surface area contributed by atoms with Crippen LogP contribution in [0, 0.1) is 0 Å². The van der Waals surface area contributed by atoms with Gasteiger partial charge in [0.15, 0.2) is 0 Å². The van der Waals surface area contributed by atoms with Gasteiger partial charge < -0.3 is 26.8 Å². The Morgan fingerprint density at radius 3 is 1.33 bits per heavy atom. The molecule has 0 radical (unpaired) electrons. The molecule has 0 heterocycles. The smallest absolute Gasteiger partial charge is 1.00 e. The largest absolute Gasteiger partial charge is 1.00 e. The summed E-state index contributed by atoms with van der Waals surface area (Å²) in [6.07, 6.45) is 0. The van der Waals surface area contributed by atoms with Crippen molar-refractivity contribution in [3.05, 3.63) is 0 Å². The molecule has 0 amide bonds. The van der Waals surface area contributed by atoms with Gasteiger partial charge in [0.25, 0.3) is 0 Å². The molecule has 0 aromatic rings. The van der Waals surface area contributed by atoms with E-state index in [9.17, 15) is 18.9 Å². The van der Waals surface area contributed by atoms with Gasteiger partial charge in [-0.1, -0.05) is 9.13 Å². The number of hydrogen-bond donors (Lipinski definition) is 0. The average Bonchev–Trinajstić information content (AvgIpc) is 1.27. The molecule has 0 spiro atoms. The number of halogens is 1. The first kappa shape index (κ1) is 16.9. The van der Waals surface area contributed by atoms with Crippen molar-refractivity contribution in [2.75, 3.05) is 0 Å². The maximum Gasteiger partial charge on any atom is 1.00 e. The van der Waals surface area contributed by atoms with E-state index in [1.165, 1.54) is 0 Å². The minimum absolute atomic E-state index is 0. The Labute approximate surface area is 80.0 Å². The van der Waals surface area contributed by atoms with Gasteiger partial charge in [-0.25, -0.2) is 0 Å². The first-order chi connectivity index (χ1) is 3.13. The van der Waals surface area contributed by atoms with Crippen LogP contribution in [-0.2, 0) is 9.13 Å². The van der Waals surface area contributed by atoms with Crippen molar-refractivity contribution >= 4 is 25.5 Å². The van der Waals surface area contributed by atoms with Gasteiger partial charge in [0.1, 0.15) is 0 Å². The predicted molar refractivity (Wildman–Crippen MR) is 22.8 cm³/mol. The fourth-order valence-corrected chi connectivity index (χ4v) is 1.47. The Bertz CT molecular complexity index is 94.7. The molecular formula is BrLiO4P2S.